The van der Waals surface area contributed by atoms with E-state index in [0.29, 0.717) is 12.3 Å². The van der Waals surface area contributed by atoms with Crippen LogP contribution < -0.4 is 4.74 Å². The molecule has 0 radical (unpaired) electrons. The second-order valence-corrected chi connectivity index (χ2v) is 13.2. The Kier molecular flexibility index (Phi) is 4.06. The van der Waals surface area contributed by atoms with E-state index in [1.165, 1.54) is 5.56 Å². The van der Waals surface area contributed by atoms with Crippen molar-refractivity contribution in [2.45, 2.75) is 101 Å². The fourth-order valence-electron chi connectivity index (χ4n) is 9.33. The lowest BCUT2D eigenvalue weighted by Gasteiger charge is -2.75. The molecule has 5 aliphatic carbocycles. The van der Waals surface area contributed by atoms with Crippen molar-refractivity contribution in [1.29, 1.82) is 0 Å². The maximum atomic E-state index is 12.2. The van der Waals surface area contributed by atoms with Gasteiger partial charge in [-0.2, -0.15) is 0 Å². The zero-order chi connectivity index (χ0) is 27.5. The van der Waals surface area contributed by atoms with Crippen LogP contribution in [0.25, 0.3) is 0 Å². The van der Waals surface area contributed by atoms with Crippen molar-refractivity contribution >= 4 is 12.4 Å². The Hall–Kier alpha value is -1.01. The molecule has 2 heterocycles. The van der Waals surface area contributed by atoms with E-state index in [1.54, 1.807) is 13.2 Å². The van der Waals surface area contributed by atoms with Gasteiger partial charge in [-0.25, -0.2) is 0 Å². The molecule has 7 atom stereocenters. The van der Waals surface area contributed by atoms with Gasteiger partial charge in [0.2, 0.25) is 0 Å². The van der Waals surface area contributed by atoms with Crippen LogP contribution in [0.15, 0.2) is 12.1 Å². The van der Waals surface area contributed by atoms with Gasteiger partial charge in [0, 0.05) is 47.5 Å². The number of methoxy groups -OCH3 is 1. The number of phenolic OH excluding ortho intramolecular Hbond substituents is 1. The van der Waals surface area contributed by atoms with Crippen LogP contribution in [-0.4, -0.2) is 58.7 Å². The van der Waals surface area contributed by atoms with E-state index >= 15 is 0 Å². The normalized spacial score (nSPS) is 47.2. The van der Waals surface area contributed by atoms with Gasteiger partial charge in [0.05, 0.1) is 5.60 Å². The topological polar surface area (TPSA) is 62.2 Å². The number of likely N-dealkylation sites (tertiary alicyclic amines) is 1. The quantitative estimate of drug-likeness (QED) is 0.610. The predicted octanol–water partition coefficient (Wildman–Crippen LogP) is 4.84. The molecule has 2 aliphatic heterocycles. The molecule has 1 aromatic carbocycles. The van der Waals surface area contributed by atoms with Crippen molar-refractivity contribution < 1.29 is 25.2 Å². The first-order valence-electron chi connectivity index (χ1n) is 15.1. The second kappa shape index (κ2) is 7.09. The van der Waals surface area contributed by atoms with Crippen molar-refractivity contribution in [2.75, 3.05) is 20.2 Å². The van der Waals surface area contributed by atoms with Crippen LogP contribution in [0, 0.1) is 22.7 Å². The average Bonchev–Trinajstić information content (AvgIpc) is 3.08. The van der Waals surface area contributed by atoms with Gasteiger partial charge < -0.3 is 19.7 Å². The van der Waals surface area contributed by atoms with Crippen LogP contribution >= 0.6 is 12.4 Å². The van der Waals surface area contributed by atoms with Gasteiger partial charge in [0.15, 0.2) is 11.5 Å². The van der Waals surface area contributed by atoms with E-state index < -0.39 is 35.3 Å². The van der Waals surface area contributed by atoms with Gasteiger partial charge >= 0.3 is 0 Å². The minimum atomic E-state index is -1.81. The number of aliphatic hydroxyl groups is 1. The third-order valence-corrected chi connectivity index (χ3v) is 11.4. The Balaban J connectivity index is 0.00000277. The molecule has 1 aromatic rings. The SMILES string of the molecule is Cl.[2H]C1([2H])C(CN2CC[C@]34c5c6ccc(O)c5O[C@H]3[C@@]3(OC)CC[C@@]4(C[C@@H]3[C@](C)(O)C(C)(C)C)[C@H]2C6)C1([2H])[2H]. The number of hydrogen-bond donors (Lipinski definition) is 2. The second-order valence-electron chi connectivity index (χ2n) is 13.2. The number of fused-ring (bicyclic) bond motifs is 2. The van der Waals surface area contributed by atoms with Crippen LogP contribution in [-0.2, 0) is 16.6 Å². The minimum absolute atomic E-state index is 0. The summed E-state index contributed by atoms with van der Waals surface area (Å²) >= 11 is 0. The van der Waals surface area contributed by atoms with E-state index in [2.05, 4.69) is 25.7 Å². The van der Waals surface area contributed by atoms with Crippen LogP contribution in [0.2, 0.25) is 0 Å². The Morgan fingerprint density at radius 2 is 1.94 bits per heavy atom. The zero-order valence-electron chi connectivity index (χ0n) is 25.5. The highest BCUT2D eigenvalue weighted by atomic mass is 35.5. The molecule has 4 saturated carbocycles. The summed E-state index contributed by atoms with van der Waals surface area (Å²) in [4.78, 5) is 2.37. The zero-order valence-corrected chi connectivity index (χ0v) is 22.3. The summed E-state index contributed by atoms with van der Waals surface area (Å²) in [5.74, 6) is -0.108. The molecule has 7 aliphatic rings. The average molecular weight is 508 g/mol. The largest absolute Gasteiger partial charge is 0.504 e. The number of hydrogen-bond acceptors (Lipinski definition) is 5. The lowest BCUT2D eigenvalue weighted by molar-refractivity contribution is -0.312. The Bertz CT molecular complexity index is 1220. The fourth-order valence-corrected chi connectivity index (χ4v) is 9.33. The van der Waals surface area contributed by atoms with Gasteiger partial charge in [-0.05, 0) is 81.3 Å². The molecule has 8 rings (SSSR count). The van der Waals surface area contributed by atoms with Crippen LogP contribution in [0.4, 0.5) is 0 Å². The molecule has 5 fully saturated rings. The molecule has 4 bridgehead atoms. The highest BCUT2D eigenvalue weighted by Gasteiger charge is 2.82. The number of ether oxygens (including phenoxy) is 2. The van der Waals surface area contributed by atoms with Gasteiger partial charge in [-0.1, -0.05) is 26.8 Å². The molecular formula is C29H42ClNO4. The van der Waals surface area contributed by atoms with Crippen molar-refractivity contribution in [3.05, 3.63) is 23.3 Å². The first kappa shape index (κ1) is 20.0. The lowest BCUT2D eigenvalue weighted by atomic mass is 9.33. The van der Waals surface area contributed by atoms with Gasteiger partial charge in [-0.3, -0.25) is 4.90 Å². The predicted molar refractivity (Wildman–Crippen MR) is 137 cm³/mol. The number of phenols is 1. The number of benzene rings is 1. The molecule has 0 aromatic heterocycles. The van der Waals surface area contributed by atoms with Crippen molar-refractivity contribution in [1.82, 2.24) is 4.90 Å². The molecular weight excluding hydrogens is 462 g/mol. The number of aromatic hydroxyl groups is 1. The summed E-state index contributed by atoms with van der Waals surface area (Å²) in [6, 6.07) is 3.82. The summed E-state index contributed by atoms with van der Waals surface area (Å²) in [6.07, 6.45) is -0.0305. The van der Waals surface area contributed by atoms with E-state index in [-0.39, 0.29) is 47.1 Å². The lowest BCUT2D eigenvalue weighted by Crippen LogP contribution is -2.83. The van der Waals surface area contributed by atoms with E-state index in [9.17, 15) is 10.2 Å². The number of rotatable bonds is 4. The highest BCUT2D eigenvalue weighted by Crippen LogP contribution is 2.78. The van der Waals surface area contributed by atoms with Gasteiger partial charge in [0.1, 0.15) is 11.7 Å². The third kappa shape index (κ3) is 2.62. The summed E-state index contributed by atoms with van der Waals surface area (Å²) in [5.41, 5.74) is -0.495. The number of halogens is 1. The monoisotopic (exact) mass is 507 g/mol. The first-order valence-corrected chi connectivity index (χ1v) is 13.1. The standard InChI is InChI=1S/C29H41NO4.ClH/c1-25(2,3)26(4,32)20-15-27-10-11-29(20,33-5)24-28(27)12-13-30(16-17-6-7-17)21(27)14-18-8-9-19(31)23(34-24)22(18)28;/h8-9,17,20-21,24,31-32H,6-7,10-16H2,1-5H3;1H/t20-,21-,24-,26+,27-,28+,29-;/m1./s1/i6D2,7D2;. The van der Waals surface area contributed by atoms with Crippen LogP contribution in [0.1, 0.15) is 82.7 Å². The Morgan fingerprint density at radius 3 is 2.60 bits per heavy atom. The van der Waals surface area contributed by atoms with E-state index in [4.69, 9.17) is 15.0 Å². The van der Waals surface area contributed by atoms with Gasteiger partial charge in [0.25, 0.3) is 0 Å². The number of nitrogens with zero attached hydrogens (tertiary/aromatic N) is 1. The molecule has 5 nitrogen and oxygen atoms in total. The Morgan fingerprint density at radius 1 is 1.20 bits per heavy atom. The molecule has 35 heavy (non-hydrogen) atoms. The van der Waals surface area contributed by atoms with Gasteiger partial charge in [-0.15, -0.1) is 12.4 Å². The summed E-state index contributed by atoms with van der Waals surface area (Å²) in [6.45, 7) is 9.29. The molecule has 194 valence electrons. The Labute approximate surface area is 221 Å². The first-order chi connectivity index (χ1) is 17.5. The highest BCUT2D eigenvalue weighted by molar-refractivity contribution is 5.85. The van der Waals surface area contributed by atoms with E-state index in [0.717, 1.165) is 44.2 Å². The summed E-state index contributed by atoms with van der Waals surface area (Å²) < 4.78 is 46.4. The number of piperidine rings is 1. The maximum Gasteiger partial charge on any atom is 0.165 e. The maximum absolute atomic E-state index is 12.2. The van der Waals surface area contributed by atoms with Crippen molar-refractivity contribution in [3.63, 3.8) is 0 Å². The summed E-state index contributed by atoms with van der Waals surface area (Å²) in [7, 11) is 1.75. The molecule has 6 heteroatoms. The molecule has 1 saturated heterocycles. The molecule has 2 spiro atoms. The third-order valence-electron chi connectivity index (χ3n) is 11.4. The van der Waals surface area contributed by atoms with Crippen LogP contribution in [0.3, 0.4) is 0 Å². The molecule has 0 amide bonds. The van der Waals surface area contributed by atoms with Crippen molar-refractivity contribution in [2.24, 2.45) is 22.7 Å². The van der Waals surface area contributed by atoms with Crippen LogP contribution in [0.5, 0.6) is 11.5 Å². The molecule has 2 N–H and O–H groups in total. The summed E-state index contributed by atoms with van der Waals surface area (Å²) in [5, 5.41) is 23.2. The van der Waals surface area contributed by atoms with Crippen molar-refractivity contribution in [3.8, 4) is 11.5 Å². The van der Waals surface area contributed by atoms with E-state index in [1.807, 2.05) is 13.0 Å². The molecule has 0 unspecified atom stereocenters. The fraction of sp³-hybridized carbons (Fsp3) is 0.793. The minimum Gasteiger partial charge on any atom is -0.504 e. The smallest absolute Gasteiger partial charge is 0.165 e.